The van der Waals surface area contributed by atoms with Crippen molar-refractivity contribution in [2.45, 2.75) is 82.9 Å². The molecule has 7 rings (SSSR count). The van der Waals surface area contributed by atoms with E-state index in [1.165, 1.54) is 28.5 Å². The maximum Gasteiger partial charge on any atom is 0.475 e. The molecule has 0 radical (unpaired) electrons. The predicted molar refractivity (Wildman–Crippen MR) is 202 cm³/mol. The number of hydrogen-bond donors (Lipinski definition) is 3. The fourth-order valence-corrected chi connectivity index (χ4v) is 14.0. The third kappa shape index (κ3) is 7.36. The summed E-state index contributed by atoms with van der Waals surface area (Å²) in [6, 6.07) is 20.0. The highest BCUT2D eigenvalue weighted by atomic mass is 31.2. The number of nitrogens with one attached hydrogen (secondary N) is 2. The molecule has 8 atom stereocenters. The lowest BCUT2D eigenvalue weighted by Crippen LogP contribution is -2.68. The Morgan fingerprint density at radius 2 is 1.42 bits per heavy atom. The van der Waals surface area contributed by atoms with Crippen molar-refractivity contribution >= 4 is 26.5 Å². The van der Waals surface area contributed by atoms with Gasteiger partial charge < -0.3 is 19.0 Å². The summed E-state index contributed by atoms with van der Waals surface area (Å²) < 4.78 is 54.3. The van der Waals surface area contributed by atoms with E-state index < -0.39 is 93.1 Å². The molecule has 16 nitrogen and oxygen atoms in total. The first-order valence-corrected chi connectivity index (χ1v) is 21.4. The number of fused-ring (bicyclic) bond motifs is 1. The van der Waals surface area contributed by atoms with Gasteiger partial charge in [0.15, 0.2) is 0 Å². The van der Waals surface area contributed by atoms with Crippen molar-refractivity contribution in [3.05, 3.63) is 126 Å². The number of aromatic amines is 2. The number of hydrogen-bond acceptors (Lipinski definition) is 12. The first-order chi connectivity index (χ1) is 26.1. The first kappa shape index (κ1) is 39.2. The Morgan fingerprint density at radius 1 is 0.855 bits per heavy atom. The number of nitrogens with zero attached hydrogens (tertiary/aromatic N) is 2. The Morgan fingerprint density at radius 3 is 1.98 bits per heavy atom. The van der Waals surface area contributed by atoms with Crippen LogP contribution in [-0.2, 0) is 32.0 Å². The Kier molecular flexibility index (Phi) is 10.8. The molecular formula is C37H45N4O12PSi. The molecule has 2 aromatic carbocycles. The number of ether oxygens (including phenoxy) is 2. The highest BCUT2D eigenvalue weighted by molar-refractivity contribution is 7.48. The average molecular weight is 797 g/mol. The van der Waals surface area contributed by atoms with Crippen LogP contribution < -0.4 is 32.9 Å². The third-order valence-electron chi connectivity index (χ3n) is 10.5. The summed E-state index contributed by atoms with van der Waals surface area (Å²) in [7, 11) is -7.55. The summed E-state index contributed by atoms with van der Waals surface area (Å²) in [5.74, 6) is -0.695. The van der Waals surface area contributed by atoms with Crippen molar-refractivity contribution in [1.29, 1.82) is 0 Å². The van der Waals surface area contributed by atoms with Gasteiger partial charge in [-0.3, -0.25) is 42.3 Å². The van der Waals surface area contributed by atoms with E-state index in [0.29, 0.717) is 5.56 Å². The maximum atomic E-state index is 14.2. The number of aliphatic hydroxyl groups is 1. The van der Waals surface area contributed by atoms with Gasteiger partial charge in [-0.1, -0.05) is 81.4 Å². The summed E-state index contributed by atoms with van der Waals surface area (Å²) in [4.78, 5) is 54.7. The number of aliphatic hydroxyl groups excluding tert-OH is 1. The van der Waals surface area contributed by atoms with Crippen LogP contribution in [0.4, 0.5) is 0 Å². The topological polar surface area (TPSA) is 202 Å². The third-order valence-corrected chi connectivity index (χ3v) is 17.0. The molecule has 18 heteroatoms. The zero-order valence-corrected chi connectivity index (χ0v) is 33.0. The molecular weight excluding hydrogens is 751 g/mol. The Bertz CT molecular complexity index is 2270. The van der Waals surface area contributed by atoms with E-state index in [-0.39, 0.29) is 25.2 Å². The predicted octanol–water partition coefficient (Wildman–Crippen LogP) is 1.98. The second-order valence-corrected chi connectivity index (χ2v) is 21.0. The number of phosphoric acid groups is 1. The highest BCUT2D eigenvalue weighted by Crippen LogP contribution is 2.59. The van der Waals surface area contributed by atoms with Crippen molar-refractivity contribution < 1.29 is 37.1 Å². The molecule has 4 aromatic rings. The van der Waals surface area contributed by atoms with Crippen molar-refractivity contribution in [2.24, 2.45) is 5.92 Å². The van der Waals surface area contributed by atoms with Crippen LogP contribution in [0.2, 0.25) is 5.04 Å². The van der Waals surface area contributed by atoms with Crippen LogP contribution in [0.3, 0.4) is 0 Å². The van der Waals surface area contributed by atoms with E-state index in [9.17, 15) is 28.8 Å². The van der Waals surface area contributed by atoms with Gasteiger partial charge >= 0.3 is 19.2 Å². The van der Waals surface area contributed by atoms with E-state index >= 15 is 0 Å². The minimum absolute atomic E-state index is 0.177. The smallest absolute Gasteiger partial charge is 0.402 e. The largest absolute Gasteiger partial charge is 0.475 e. The Balaban J connectivity index is 1.20. The quantitative estimate of drug-likeness (QED) is 0.156. The summed E-state index contributed by atoms with van der Waals surface area (Å²) in [5, 5.41) is 11.8. The molecule has 55 heavy (non-hydrogen) atoms. The molecule has 0 spiro atoms. The zero-order valence-electron chi connectivity index (χ0n) is 31.1. The first-order valence-electron chi connectivity index (χ1n) is 18.1. The number of H-pyrrole nitrogens is 2. The van der Waals surface area contributed by atoms with Crippen molar-refractivity contribution in [2.75, 3.05) is 19.8 Å². The van der Waals surface area contributed by atoms with Crippen LogP contribution in [0.1, 0.15) is 50.8 Å². The van der Waals surface area contributed by atoms with Crippen LogP contribution in [0.15, 0.2) is 92.2 Å². The second-order valence-electron chi connectivity index (χ2n) is 15.2. The summed E-state index contributed by atoms with van der Waals surface area (Å²) in [6.07, 6.45) is -2.56. The molecule has 3 aliphatic rings. The van der Waals surface area contributed by atoms with Gasteiger partial charge in [-0.2, -0.15) is 0 Å². The molecule has 3 saturated heterocycles. The van der Waals surface area contributed by atoms with E-state index in [1.807, 2.05) is 60.7 Å². The molecule has 3 N–H and O–H groups in total. The summed E-state index contributed by atoms with van der Waals surface area (Å²) >= 11 is 0. The number of phosphoric ester groups is 1. The van der Waals surface area contributed by atoms with Crippen molar-refractivity contribution in [1.82, 2.24) is 19.1 Å². The SMILES string of the molecule is Cc1cn([C@@H]2O[C@H](CO)[C@H]3OP(=O)(OC[C@H]4O[C@@H](n5cc(C)c(=O)[nH]c5=O)C[C@@H]4O[Si](c4ccccc4)(c4ccccc4)C(C)(C)C)OC[C@H]32)c(=O)[nH]c1=O. The molecule has 3 fully saturated rings. The number of rotatable bonds is 10. The minimum atomic E-state index is -4.35. The van der Waals surface area contributed by atoms with Gasteiger partial charge in [0.1, 0.15) is 30.8 Å². The van der Waals surface area contributed by atoms with Crippen molar-refractivity contribution in [3.8, 4) is 0 Å². The number of benzene rings is 2. The molecule has 5 heterocycles. The van der Waals surface area contributed by atoms with E-state index in [1.54, 1.807) is 6.92 Å². The van der Waals surface area contributed by atoms with Gasteiger partial charge in [-0.05, 0) is 29.3 Å². The zero-order chi connectivity index (χ0) is 39.3. The van der Waals surface area contributed by atoms with Gasteiger partial charge in [0, 0.05) is 29.9 Å². The van der Waals surface area contributed by atoms with Crippen LogP contribution in [0, 0.1) is 19.8 Å². The molecule has 0 bridgehead atoms. The lowest BCUT2D eigenvalue weighted by Gasteiger charge is -2.45. The van der Waals surface area contributed by atoms with Gasteiger partial charge in [0.05, 0.1) is 31.8 Å². The molecule has 3 aliphatic heterocycles. The van der Waals surface area contributed by atoms with Crippen LogP contribution in [0.25, 0.3) is 0 Å². The second kappa shape index (κ2) is 15.1. The number of aryl methyl sites for hydroxylation is 2. The molecule has 0 aliphatic carbocycles. The molecule has 0 saturated carbocycles. The van der Waals surface area contributed by atoms with Crippen molar-refractivity contribution in [3.63, 3.8) is 0 Å². The average Bonchev–Trinajstić information content (AvgIpc) is 3.73. The molecule has 294 valence electrons. The lowest BCUT2D eigenvalue weighted by molar-refractivity contribution is -0.0627. The molecule has 1 unspecified atom stereocenters. The van der Waals surface area contributed by atoms with Gasteiger partial charge in [0.25, 0.3) is 19.4 Å². The van der Waals surface area contributed by atoms with Gasteiger partial charge in [0.2, 0.25) is 0 Å². The summed E-state index contributed by atoms with van der Waals surface area (Å²) in [6.45, 7) is 8.41. The monoisotopic (exact) mass is 796 g/mol. The molecule has 0 amide bonds. The fraction of sp³-hybridized carbons (Fsp3) is 0.459. The van der Waals surface area contributed by atoms with Crippen LogP contribution in [-0.4, -0.2) is 76.8 Å². The minimum Gasteiger partial charge on any atom is -0.402 e. The Hall–Kier alpha value is -4.03. The van der Waals surface area contributed by atoms with Crippen LogP contribution >= 0.6 is 7.82 Å². The van der Waals surface area contributed by atoms with Gasteiger partial charge in [-0.15, -0.1) is 0 Å². The van der Waals surface area contributed by atoms with Gasteiger partial charge in [-0.25, -0.2) is 14.2 Å². The van der Waals surface area contributed by atoms with E-state index in [4.69, 9.17) is 27.5 Å². The normalized spacial score (nSPS) is 28.3. The fourth-order valence-electron chi connectivity index (χ4n) is 7.77. The van der Waals surface area contributed by atoms with Crippen LogP contribution in [0.5, 0.6) is 0 Å². The lowest BCUT2D eigenvalue weighted by atomic mass is 10.0. The standard InChI is InChI=1S/C37H45N4O12PSi/c1-22-17-40(35(45)38-32(22)43)30-16-27(53-55(37(3,4)5,24-12-8-6-9-13-24)25-14-10-7-11-15-25)29(50-30)21-49-54(47)48-20-26-31(52-54)28(19-42)51-34(26)41-18-23(2)33(44)39-36(41)46/h6-15,17-18,26-31,34,42H,16,19-21H2,1-5H3,(H,38,43,45)(H,39,44,46)/t26-,27+,28-,29-,30-,31+,34-,54?/m1/s1. The highest BCUT2D eigenvalue weighted by Gasteiger charge is 2.56. The maximum absolute atomic E-state index is 14.2. The van der Waals surface area contributed by atoms with E-state index in [2.05, 4.69) is 30.7 Å². The summed E-state index contributed by atoms with van der Waals surface area (Å²) in [5.41, 5.74) is -1.86. The van der Waals surface area contributed by atoms with E-state index in [0.717, 1.165) is 10.4 Å². The number of aromatic nitrogens is 4. The molecule has 2 aromatic heterocycles. The Labute approximate surface area is 316 Å².